The Morgan fingerprint density at radius 3 is 2.08 bits per heavy atom. The second kappa shape index (κ2) is 14.9. The topological polar surface area (TPSA) is 18.3 Å². The summed E-state index contributed by atoms with van der Waals surface area (Å²) in [6, 6.07) is 26.8. The molecule has 0 radical (unpaired) electrons. The van der Waals surface area contributed by atoms with Crippen LogP contribution in [0.3, 0.4) is 0 Å². The Morgan fingerprint density at radius 1 is 0.808 bits per heavy atom. The third-order valence-corrected chi connectivity index (χ3v) is 12.3. The van der Waals surface area contributed by atoms with Crippen LogP contribution in [0.5, 0.6) is 0 Å². The first-order valence-corrected chi connectivity index (χ1v) is 20.1. The van der Waals surface area contributed by atoms with E-state index in [-0.39, 0.29) is 10.8 Å². The summed E-state index contributed by atoms with van der Waals surface area (Å²) in [6.07, 6.45) is 11.0. The molecule has 0 saturated heterocycles. The molecule has 7 rings (SSSR count). The van der Waals surface area contributed by atoms with E-state index < -0.39 is 0 Å². The molecule has 0 spiro atoms. The van der Waals surface area contributed by atoms with Gasteiger partial charge in [0.2, 0.25) is 5.69 Å². The highest BCUT2D eigenvalue weighted by atomic mass is 32.2. The Hall–Kier alpha value is -3.90. The minimum Gasteiger partial charge on any atom is -0.347 e. The second-order valence-corrected chi connectivity index (χ2v) is 17.6. The van der Waals surface area contributed by atoms with Crippen LogP contribution in [0.1, 0.15) is 59.1 Å². The van der Waals surface area contributed by atoms with Gasteiger partial charge < -0.3 is 14.7 Å². The van der Waals surface area contributed by atoms with Gasteiger partial charge in [0.15, 0.2) is 5.71 Å². The number of quaternary nitrogens is 1. The maximum Gasteiger partial charge on any atom is 0.210 e. The first kappa shape index (κ1) is 37.8. The molecule has 1 N–H and O–H groups in total. The molecule has 0 unspecified atom stereocenters. The molecule has 4 aromatic rings. The molecule has 4 aromatic carbocycles. The molecular weight excluding hydrogens is 653 g/mol. The summed E-state index contributed by atoms with van der Waals surface area (Å²) in [5, 5.41) is 8.70. The van der Waals surface area contributed by atoms with Crippen LogP contribution in [0.25, 0.3) is 21.5 Å². The maximum atomic E-state index is 3.38. The van der Waals surface area contributed by atoms with Gasteiger partial charge >= 0.3 is 0 Å². The van der Waals surface area contributed by atoms with Crippen molar-refractivity contribution in [1.82, 2.24) is 5.32 Å². The van der Waals surface area contributed by atoms with Gasteiger partial charge in [0, 0.05) is 69.9 Å². The van der Waals surface area contributed by atoms with E-state index in [4.69, 9.17) is 0 Å². The van der Waals surface area contributed by atoms with Crippen molar-refractivity contribution < 1.29 is 9.06 Å². The zero-order valence-corrected chi connectivity index (χ0v) is 34.3. The zero-order chi connectivity index (χ0) is 37.4. The molecule has 0 saturated carbocycles. The molecular formula is C47H60N4S+2. The number of hydrogen-bond acceptors (Lipinski definition) is 3. The van der Waals surface area contributed by atoms with Crippen LogP contribution in [0.4, 0.5) is 11.4 Å². The molecule has 0 fully saturated rings. The molecule has 272 valence electrons. The first-order valence-electron chi connectivity index (χ1n) is 19.1. The van der Waals surface area contributed by atoms with Crippen molar-refractivity contribution in [3.05, 3.63) is 130 Å². The van der Waals surface area contributed by atoms with Crippen LogP contribution in [0, 0.1) is 0 Å². The molecule has 5 heteroatoms. The fraction of sp³-hybridized carbons (Fsp3) is 0.383. The smallest absolute Gasteiger partial charge is 0.210 e. The monoisotopic (exact) mass is 712 g/mol. The average Bonchev–Trinajstić information content (AvgIpc) is 3.43. The van der Waals surface area contributed by atoms with Gasteiger partial charge in [0.25, 0.3) is 0 Å². The van der Waals surface area contributed by atoms with Gasteiger partial charge in [-0.05, 0) is 72.3 Å². The normalized spacial score (nSPS) is 20.3. The summed E-state index contributed by atoms with van der Waals surface area (Å²) >= 11 is 2.01. The van der Waals surface area contributed by atoms with Crippen molar-refractivity contribution in [1.29, 1.82) is 0 Å². The summed E-state index contributed by atoms with van der Waals surface area (Å²) in [4.78, 5) is 3.85. The fourth-order valence-electron chi connectivity index (χ4n) is 8.77. The van der Waals surface area contributed by atoms with Crippen LogP contribution >= 0.6 is 11.8 Å². The van der Waals surface area contributed by atoms with Crippen LogP contribution < -0.4 is 10.2 Å². The van der Waals surface area contributed by atoms with E-state index >= 15 is 0 Å². The largest absolute Gasteiger partial charge is 0.347 e. The lowest BCUT2D eigenvalue weighted by Crippen LogP contribution is -2.45. The van der Waals surface area contributed by atoms with Crippen molar-refractivity contribution in [2.45, 2.75) is 58.8 Å². The summed E-state index contributed by atoms with van der Waals surface area (Å²) in [5.74, 6) is 1.03. The Morgan fingerprint density at radius 2 is 1.42 bits per heavy atom. The summed E-state index contributed by atoms with van der Waals surface area (Å²) in [6.45, 7) is 16.8. The molecule has 52 heavy (non-hydrogen) atoms. The Balaban J connectivity index is 0.00000150. The lowest BCUT2D eigenvalue weighted by molar-refractivity contribution is -0.881. The number of benzene rings is 4. The zero-order valence-electron chi connectivity index (χ0n) is 33.5. The van der Waals surface area contributed by atoms with Gasteiger partial charge in [-0.25, -0.2) is 0 Å². The van der Waals surface area contributed by atoms with Gasteiger partial charge in [-0.2, -0.15) is 4.58 Å². The minimum absolute atomic E-state index is 0.110. The minimum atomic E-state index is -0.110. The number of fused-ring (bicyclic) bond motifs is 6. The number of nitrogens with one attached hydrogen (secondary N) is 1. The molecule has 4 nitrogen and oxygen atoms in total. The molecule has 3 aliphatic heterocycles. The van der Waals surface area contributed by atoms with Crippen molar-refractivity contribution >= 4 is 50.4 Å². The molecule has 0 aliphatic carbocycles. The molecule has 3 heterocycles. The van der Waals surface area contributed by atoms with E-state index in [0.717, 1.165) is 29.9 Å². The van der Waals surface area contributed by atoms with Crippen molar-refractivity contribution in [3.63, 3.8) is 0 Å². The number of hydrogen-bond donors (Lipinski definition) is 1. The molecule has 3 aliphatic rings. The van der Waals surface area contributed by atoms with Crippen molar-refractivity contribution in [2.75, 3.05) is 65.5 Å². The van der Waals surface area contributed by atoms with Crippen LogP contribution in [0.2, 0.25) is 0 Å². The quantitative estimate of drug-likeness (QED) is 0.117. The third-order valence-electron chi connectivity index (χ3n) is 11.1. The fourth-order valence-corrected chi connectivity index (χ4v) is 9.92. The molecule has 0 aromatic heterocycles. The number of anilines is 1. The van der Waals surface area contributed by atoms with Crippen LogP contribution in [-0.2, 0) is 10.8 Å². The highest BCUT2D eigenvalue weighted by Gasteiger charge is 2.44. The van der Waals surface area contributed by atoms with E-state index in [1.165, 1.54) is 77.9 Å². The maximum absolute atomic E-state index is 3.38. The lowest BCUT2D eigenvalue weighted by Gasteiger charge is -2.37. The Kier molecular flexibility index (Phi) is 10.8. The SMILES string of the molecule is CCC.CNCCSC1=C(/C=C/C2=[N+](C)c3ccc4ccccc4c3C2(C)C)C[N+](C)(C)C/C1=C\C=C1\N(C)c2ccc3ccccc3c2C1(C)C. The van der Waals surface area contributed by atoms with E-state index in [2.05, 4.69) is 182 Å². The van der Waals surface area contributed by atoms with Gasteiger partial charge in [0.05, 0.1) is 19.5 Å². The van der Waals surface area contributed by atoms with Gasteiger partial charge in [0.1, 0.15) is 20.1 Å². The van der Waals surface area contributed by atoms with Gasteiger partial charge in [-0.15, -0.1) is 11.8 Å². The highest BCUT2D eigenvalue weighted by Crippen LogP contribution is 2.50. The highest BCUT2D eigenvalue weighted by molar-refractivity contribution is 8.03. The predicted molar refractivity (Wildman–Crippen MR) is 230 cm³/mol. The summed E-state index contributed by atoms with van der Waals surface area (Å²) in [5.41, 5.74) is 10.8. The van der Waals surface area contributed by atoms with Crippen molar-refractivity contribution in [2.24, 2.45) is 0 Å². The van der Waals surface area contributed by atoms with E-state index in [1.54, 1.807) is 0 Å². The van der Waals surface area contributed by atoms with E-state index in [0.29, 0.717) is 0 Å². The average molecular weight is 713 g/mol. The number of rotatable bonds is 7. The number of likely N-dealkylation sites (N-methyl/N-ethyl adjacent to an activating group) is 2. The Bertz CT molecular complexity index is 2160. The van der Waals surface area contributed by atoms with E-state index in [1.807, 2.05) is 18.8 Å². The van der Waals surface area contributed by atoms with Crippen LogP contribution in [-0.4, -0.2) is 75.4 Å². The molecule has 0 atom stereocenters. The van der Waals surface area contributed by atoms with Crippen molar-refractivity contribution in [3.8, 4) is 0 Å². The van der Waals surface area contributed by atoms with Crippen LogP contribution in [0.15, 0.2) is 119 Å². The summed E-state index contributed by atoms with van der Waals surface area (Å²) < 4.78 is 3.34. The number of allylic oxidation sites excluding steroid dienone is 4. The standard InChI is InChI=1S/C44H52N4S.C3H8/c1-43(2)38(46(6)36-22-18-30-14-10-12-16-34(30)40(36)43)24-20-32-28-48(8,9)29-33(42(32)49-27-26-45-5)21-25-39-44(3,4)41-35-17-13-11-15-31(35)19-23-37(41)47(39)7;1-3-2/h10-25,45H,26-29H2,1-9H3;3H2,1-2H3/q+2;. The molecule has 0 amide bonds. The summed E-state index contributed by atoms with van der Waals surface area (Å²) in [7, 11) is 11.3. The predicted octanol–water partition coefficient (Wildman–Crippen LogP) is 10.5. The van der Waals surface area contributed by atoms with Gasteiger partial charge in [-0.3, -0.25) is 0 Å². The Labute approximate surface area is 317 Å². The third kappa shape index (κ3) is 6.84. The van der Waals surface area contributed by atoms with E-state index in [9.17, 15) is 0 Å². The first-order chi connectivity index (χ1) is 24.8. The second-order valence-electron chi connectivity index (χ2n) is 16.5. The number of thioether (sulfide) groups is 1. The van der Waals surface area contributed by atoms with Gasteiger partial charge in [-0.1, -0.05) is 94.8 Å². The number of nitrogens with zero attached hydrogens (tertiary/aromatic N) is 3. The molecule has 0 bridgehead atoms. The lowest BCUT2D eigenvalue weighted by atomic mass is 9.79.